The van der Waals surface area contributed by atoms with Crippen LogP contribution in [0.25, 0.3) is 0 Å². The van der Waals surface area contributed by atoms with Crippen LogP contribution >= 0.6 is 0 Å². The van der Waals surface area contributed by atoms with Crippen molar-refractivity contribution in [1.82, 2.24) is 5.32 Å². The van der Waals surface area contributed by atoms with Gasteiger partial charge in [-0.3, -0.25) is 0 Å². The molecule has 1 rings (SSSR count). The molecule has 2 unspecified atom stereocenters. The molecule has 1 aliphatic carbocycles. The van der Waals surface area contributed by atoms with Gasteiger partial charge in [-0.1, -0.05) is 13.3 Å². The van der Waals surface area contributed by atoms with E-state index >= 15 is 0 Å². The molecule has 0 saturated heterocycles. The number of rotatable bonds is 1. The van der Waals surface area contributed by atoms with Crippen molar-refractivity contribution >= 4 is 0 Å². The molecular weight excluding hydrogens is 124 g/mol. The molecule has 58 valence electrons. The van der Waals surface area contributed by atoms with Crippen molar-refractivity contribution < 1.29 is 1.43 Å². The molecule has 1 N–H and O–H groups in total. The van der Waals surface area contributed by atoms with Gasteiger partial charge in [0.2, 0.25) is 0 Å². The largest absolute Gasteiger partial charge is 0.302 e. The minimum atomic E-state index is -0.208. The van der Waals surface area contributed by atoms with Crippen molar-refractivity contribution in [2.75, 3.05) is 7.05 Å². The summed E-state index contributed by atoms with van der Waals surface area (Å²) >= 11 is 0. The smallest absolute Gasteiger partial charge is 0.109 e. The lowest BCUT2D eigenvalue weighted by Gasteiger charge is -2.24. The van der Waals surface area contributed by atoms with Gasteiger partial charge in [0.25, 0.3) is 0 Å². The summed E-state index contributed by atoms with van der Waals surface area (Å²) < 4.78 is 0. The molecule has 0 heterocycles. The molecule has 0 amide bonds. The number of hydrogen-bond donors (Lipinski definition) is 1. The first-order valence-corrected chi connectivity index (χ1v) is 3.85. The van der Waals surface area contributed by atoms with Crippen molar-refractivity contribution in [2.24, 2.45) is 5.92 Å². The maximum atomic E-state index is 8.87. The standard InChI is InChI=1S/C8H14N2.H2/c1-7-4-3-5-8(7,6-9)10-2;/h7,10H,3-5H2,1-2H3;1H. The van der Waals surface area contributed by atoms with Gasteiger partial charge in [-0.25, -0.2) is 0 Å². The predicted octanol–water partition coefficient (Wildman–Crippen LogP) is 1.53. The van der Waals surface area contributed by atoms with Gasteiger partial charge in [-0.2, -0.15) is 5.26 Å². The lowest BCUT2D eigenvalue weighted by molar-refractivity contribution is 0.362. The first-order chi connectivity index (χ1) is 4.75. The van der Waals surface area contributed by atoms with Crippen LogP contribution < -0.4 is 5.32 Å². The molecule has 1 aliphatic rings. The zero-order valence-corrected chi connectivity index (χ0v) is 6.65. The molecule has 2 atom stereocenters. The molecule has 1 fully saturated rings. The fourth-order valence-corrected chi connectivity index (χ4v) is 1.77. The van der Waals surface area contributed by atoms with Gasteiger partial charge in [0.15, 0.2) is 0 Å². The summed E-state index contributed by atoms with van der Waals surface area (Å²) in [7, 11) is 1.88. The third-order valence-electron chi connectivity index (χ3n) is 2.70. The van der Waals surface area contributed by atoms with E-state index in [4.69, 9.17) is 5.26 Å². The van der Waals surface area contributed by atoms with Gasteiger partial charge >= 0.3 is 0 Å². The Balaban J connectivity index is 0.000001000. The average molecular weight is 140 g/mol. The fraction of sp³-hybridized carbons (Fsp3) is 0.875. The van der Waals surface area contributed by atoms with Gasteiger partial charge in [0.05, 0.1) is 6.07 Å². The second kappa shape index (κ2) is 2.59. The highest BCUT2D eigenvalue weighted by atomic mass is 15.0. The maximum absolute atomic E-state index is 8.87. The molecule has 10 heavy (non-hydrogen) atoms. The van der Waals surface area contributed by atoms with Crippen LogP contribution in [0.1, 0.15) is 27.6 Å². The van der Waals surface area contributed by atoms with Gasteiger partial charge in [0.1, 0.15) is 5.54 Å². The number of nitrogens with zero attached hydrogens (tertiary/aromatic N) is 1. The minimum absolute atomic E-state index is 0. The monoisotopic (exact) mass is 140 g/mol. The maximum Gasteiger partial charge on any atom is 0.109 e. The van der Waals surface area contributed by atoms with Crippen LogP contribution in [0.15, 0.2) is 0 Å². The highest BCUT2D eigenvalue weighted by Crippen LogP contribution is 2.34. The minimum Gasteiger partial charge on any atom is -0.302 e. The topological polar surface area (TPSA) is 35.8 Å². The molecule has 2 heteroatoms. The highest BCUT2D eigenvalue weighted by molar-refractivity contribution is 5.12. The summed E-state index contributed by atoms with van der Waals surface area (Å²) in [5.74, 6) is 0.516. The van der Waals surface area contributed by atoms with Crippen LogP contribution in [0.5, 0.6) is 0 Å². The van der Waals surface area contributed by atoms with Crippen LogP contribution in [0.2, 0.25) is 0 Å². The Labute approximate surface area is 63.7 Å². The van der Waals surface area contributed by atoms with Gasteiger partial charge < -0.3 is 5.32 Å². The Kier molecular flexibility index (Phi) is 1.96. The lowest BCUT2D eigenvalue weighted by atomic mass is 9.90. The first-order valence-electron chi connectivity index (χ1n) is 3.85. The highest BCUT2D eigenvalue weighted by Gasteiger charge is 2.38. The molecule has 2 nitrogen and oxygen atoms in total. The van der Waals surface area contributed by atoms with E-state index in [0.717, 1.165) is 6.42 Å². The van der Waals surface area contributed by atoms with E-state index in [1.165, 1.54) is 12.8 Å². The second-order valence-corrected chi connectivity index (χ2v) is 3.13. The van der Waals surface area contributed by atoms with E-state index in [9.17, 15) is 0 Å². The quantitative estimate of drug-likeness (QED) is 0.599. The van der Waals surface area contributed by atoms with E-state index in [2.05, 4.69) is 18.3 Å². The van der Waals surface area contributed by atoms with Crippen molar-refractivity contribution in [3.8, 4) is 6.07 Å². The third kappa shape index (κ3) is 0.911. The zero-order valence-electron chi connectivity index (χ0n) is 6.65. The van der Waals surface area contributed by atoms with Crippen LogP contribution in [-0.4, -0.2) is 12.6 Å². The predicted molar refractivity (Wildman–Crippen MR) is 42.5 cm³/mol. The summed E-state index contributed by atoms with van der Waals surface area (Å²) in [4.78, 5) is 0. The molecule has 0 radical (unpaired) electrons. The van der Waals surface area contributed by atoms with E-state index < -0.39 is 0 Å². The SMILES string of the molecule is CNC1(C#N)CCCC1C.[HH]. The zero-order chi connectivity index (χ0) is 7.61. The van der Waals surface area contributed by atoms with Crippen LogP contribution in [0, 0.1) is 17.2 Å². The van der Waals surface area contributed by atoms with E-state index in [1.807, 2.05) is 7.05 Å². The van der Waals surface area contributed by atoms with Crippen molar-refractivity contribution in [1.29, 1.82) is 5.26 Å². The molecule has 0 bridgehead atoms. The Bertz CT molecular complexity index is 164. The van der Waals surface area contributed by atoms with Crippen LogP contribution in [0.4, 0.5) is 0 Å². The van der Waals surface area contributed by atoms with Crippen molar-refractivity contribution in [3.63, 3.8) is 0 Å². The van der Waals surface area contributed by atoms with Crippen LogP contribution in [-0.2, 0) is 0 Å². The Morgan fingerprint density at radius 3 is 2.70 bits per heavy atom. The Morgan fingerprint density at radius 1 is 1.80 bits per heavy atom. The van der Waals surface area contributed by atoms with Crippen molar-refractivity contribution in [3.05, 3.63) is 0 Å². The second-order valence-electron chi connectivity index (χ2n) is 3.13. The van der Waals surface area contributed by atoms with Crippen LogP contribution in [0.3, 0.4) is 0 Å². The first kappa shape index (κ1) is 7.56. The van der Waals surface area contributed by atoms with Gasteiger partial charge in [-0.15, -0.1) is 0 Å². The molecular formula is C8H16N2. The Hall–Kier alpha value is -0.550. The number of hydrogen-bond acceptors (Lipinski definition) is 2. The summed E-state index contributed by atoms with van der Waals surface area (Å²) in [6.45, 7) is 2.15. The fourth-order valence-electron chi connectivity index (χ4n) is 1.77. The molecule has 0 aliphatic heterocycles. The van der Waals surface area contributed by atoms with Gasteiger partial charge in [-0.05, 0) is 25.8 Å². The molecule has 0 aromatic heterocycles. The average Bonchev–Trinajstić information content (AvgIpc) is 2.32. The number of nitrogens with one attached hydrogen (secondary N) is 1. The molecule has 1 saturated carbocycles. The molecule has 0 spiro atoms. The lowest BCUT2D eigenvalue weighted by Crippen LogP contribution is -2.43. The van der Waals surface area contributed by atoms with E-state index in [0.29, 0.717) is 5.92 Å². The van der Waals surface area contributed by atoms with Gasteiger partial charge in [0, 0.05) is 1.43 Å². The molecule has 0 aromatic rings. The Morgan fingerprint density at radius 2 is 2.50 bits per heavy atom. The summed E-state index contributed by atoms with van der Waals surface area (Å²) in [5.41, 5.74) is -0.208. The normalized spacial score (nSPS) is 39.5. The summed E-state index contributed by atoms with van der Waals surface area (Å²) in [5, 5.41) is 12.0. The third-order valence-corrected chi connectivity index (χ3v) is 2.70. The van der Waals surface area contributed by atoms with E-state index in [1.54, 1.807) is 0 Å². The summed E-state index contributed by atoms with van der Waals surface area (Å²) in [6, 6.07) is 2.37. The number of nitriles is 1. The van der Waals surface area contributed by atoms with E-state index in [-0.39, 0.29) is 6.97 Å². The molecule has 0 aromatic carbocycles. The van der Waals surface area contributed by atoms with Crippen molar-refractivity contribution in [2.45, 2.75) is 31.7 Å². The summed E-state index contributed by atoms with van der Waals surface area (Å²) in [6.07, 6.45) is 3.39.